The number of nitrogen functional groups attached to an aromatic ring is 1. The number of likely N-dealkylation sites (tertiary alicyclic amines) is 1. The zero-order valence-corrected chi connectivity index (χ0v) is 13.1. The molecule has 0 saturated carbocycles. The van der Waals surface area contributed by atoms with Crippen molar-refractivity contribution in [3.8, 4) is 5.75 Å². The Morgan fingerprint density at radius 2 is 2.14 bits per heavy atom. The molecule has 116 valence electrons. The zero-order chi connectivity index (χ0) is 15.4. The fraction of sp³-hybridized carbons (Fsp3) is 0.562. The average Bonchev–Trinajstić information content (AvgIpc) is 2.98. The van der Waals surface area contributed by atoms with Gasteiger partial charge in [-0.15, -0.1) is 0 Å². The van der Waals surface area contributed by atoms with E-state index in [0.717, 1.165) is 32.6 Å². The highest BCUT2D eigenvalue weighted by molar-refractivity contribution is 5.95. The molecule has 1 saturated heterocycles. The Labute approximate surface area is 126 Å². The summed E-state index contributed by atoms with van der Waals surface area (Å²) in [7, 11) is 1.56. The highest BCUT2D eigenvalue weighted by atomic mass is 16.5. The first kappa shape index (κ1) is 15.6. The molecule has 21 heavy (non-hydrogen) atoms. The number of nitrogens with two attached hydrogens (primary N) is 1. The van der Waals surface area contributed by atoms with Crippen LogP contribution in [0.1, 0.15) is 30.6 Å². The van der Waals surface area contributed by atoms with Gasteiger partial charge < -0.3 is 15.4 Å². The minimum atomic E-state index is 0.0583. The van der Waals surface area contributed by atoms with Crippen molar-refractivity contribution >= 4 is 11.6 Å². The predicted octanol–water partition coefficient (Wildman–Crippen LogP) is 1.83. The molecule has 1 aromatic rings. The first-order valence-corrected chi connectivity index (χ1v) is 7.57. The number of amides is 1. The van der Waals surface area contributed by atoms with Crippen LogP contribution in [0.2, 0.25) is 0 Å². The molecule has 1 heterocycles. The molecular weight excluding hydrogens is 266 g/mol. The lowest BCUT2D eigenvalue weighted by Gasteiger charge is -2.26. The van der Waals surface area contributed by atoms with Crippen LogP contribution in [0.4, 0.5) is 5.69 Å². The van der Waals surface area contributed by atoms with Gasteiger partial charge in [0, 0.05) is 24.7 Å². The van der Waals surface area contributed by atoms with Gasteiger partial charge in [-0.2, -0.15) is 0 Å². The first-order valence-electron chi connectivity index (χ1n) is 7.57. The predicted molar refractivity (Wildman–Crippen MR) is 84.6 cm³/mol. The van der Waals surface area contributed by atoms with Crippen LogP contribution in [-0.4, -0.2) is 55.0 Å². The molecular formula is C16H25N3O2. The van der Waals surface area contributed by atoms with Crippen molar-refractivity contribution in [3.05, 3.63) is 23.8 Å². The van der Waals surface area contributed by atoms with Gasteiger partial charge in [-0.05, 0) is 37.7 Å². The number of benzene rings is 1. The molecule has 2 N–H and O–H groups in total. The fourth-order valence-corrected chi connectivity index (χ4v) is 2.99. The van der Waals surface area contributed by atoms with Crippen LogP contribution in [0.5, 0.6) is 5.75 Å². The van der Waals surface area contributed by atoms with Crippen molar-refractivity contribution in [2.45, 2.75) is 26.3 Å². The summed E-state index contributed by atoms with van der Waals surface area (Å²) in [5, 5.41) is 0. The van der Waals surface area contributed by atoms with Gasteiger partial charge in [-0.25, -0.2) is 0 Å². The van der Waals surface area contributed by atoms with Gasteiger partial charge >= 0.3 is 0 Å². The smallest absolute Gasteiger partial charge is 0.254 e. The number of likely N-dealkylation sites (N-methyl/N-ethyl adjacent to an activating group) is 1. The molecule has 1 aliphatic rings. The molecule has 1 unspecified atom stereocenters. The number of rotatable bonds is 5. The maximum Gasteiger partial charge on any atom is 0.254 e. The van der Waals surface area contributed by atoms with Gasteiger partial charge in [-0.1, -0.05) is 13.8 Å². The van der Waals surface area contributed by atoms with E-state index in [1.54, 1.807) is 25.3 Å². The number of nitrogens with zero attached hydrogens (tertiary/aromatic N) is 2. The van der Waals surface area contributed by atoms with Crippen LogP contribution in [0, 0.1) is 0 Å². The molecule has 5 heteroatoms. The normalized spacial score (nSPS) is 18.3. The van der Waals surface area contributed by atoms with Crippen LogP contribution in [0.3, 0.4) is 0 Å². The molecule has 0 aliphatic carbocycles. The third kappa shape index (κ3) is 3.29. The lowest BCUT2D eigenvalue weighted by molar-refractivity contribution is 0.0777. The third-order valence-corrected chi connectivity index (χ3v) is 4.26. The number of hydrogen-bond donors (Lipinski definition) is 1. The molecule has 1 amide bonds. The van der Waals surface area contributed by atoms with Crippen molar-refractivity contribution in [1.82, 2.24) is 9.80 Å². The van der Waals surface area contributed by atoms with E-state index in [9.17, 15) is 4.79 Å². The summed E-state index contributed by atoms with van der Waals surface area (Å²) in [5.41, 5.74) is 6.99. The molecule has 2 rings (SSSR count). The van der Waals surface area contributed by atoms with Gasteiger partial charge in [0.1, 0.15) is 5.75 Å². The van der Waals surface area contributed by atoms with E-state index in [-0.39, 0.29) is 5.91 Å². The Bertz CT molecular complexity index is 500. The Kier molecular flexibility index (Phi) is 5.07. The lowest BCUT2D eigenvalue weighted by atomic mass is 10.1. The number of anilines is 1. The molecule has 0 spiro atoms. The lowest BCUT2D eigenvalue weighted by Crippen LogP contribution is -2.38. The number of methoxy groups -OCH3 is 1. The van der Waals surface area contributed by atoms with Gasteiger partial charge in [0.15, 0.2) is 0 Å². The second-order valence-electron chi connectivity index (χ2n) is 5.37. The molecule has 1 aromatic carbocycles. The van der Waals surface area contributed by atoms with Gasteiger partial charge in [0.05, 0.1) is 12.8 Å². The van der Waals surface area contributed by atoms with E-state index in [1.807, 2.05) is 4.90 Å². The van der Waals surface area contributed by atoms with E-state index in [0.29, 0.717) is 23.0 Å². The Morgan fingerprint density at radius 1 is 1.43 bits per heavy atom. The van der Waals surface area contributed by atoms with Crippen LogP contribution >= 0.6 is 0 Å². The highest BCUT2D eigenvalue weighted by Gasteiger charge is 2.29. The standard InChI is InChI=1S/C16H25N3O2/c1-4-18(5-2)13-8-9-19(11-13)16(20)12-6-7-14(17)15(10-12)21-3/h6-7,10,13H,4-5,8-9,11,17H2,1-3H3. The minimum absolute atomic E-state index is 0.0583. The van der Waals surface area contributed by atoms with E-state index in [4.69, 9.17) is 10.5 Å². The highest BCUT2D eigenvalue weighted by Crippen LogP contribution is 2.24. The largest absolute Gasteiger partial charge is 0.495 e. The summed E-state index contributed by atoms with van der Waals surface area (Å²) < 4.78 is 5.19. The number of carbonyl (C=O) groups excluding carboxylic acids is 1. The number of hydrogen-bond acceptors (Lipinski definition) is 4. The summed E-state index contributed by atoms with van der Waals surface area (Å²) >= 11 is 0. The molecule has 5 nitrogen and oxygen atoms in total. The maximum atomic E-state index is 12.6. The molecule has 0 radical (unpaired) electrons. The second kappa shape index (κ2) is 6.80. The number of ether oxygens (including phenoxy) is 1. The van der Waals surface area contributed by atoms with Crippen molar-refractivity contribution in [2.75, 3.05) is 39.0 Å². The van der Waals surface area contributed by atoms with Crippen LogP contribution in [0.25, 0.3) is 0 Å². The van der Waals surface area contributed by atoms with Gasteiger partial charge in [0.25, 0.3) is 5.91 Å². The monoisotopic (exact) mass is 291 g/mol. The SMILES string of the molecule is CCN(CC)C1CCN(C(=O)c2ccc(N)c(OC)c2)C1. The van der Waals surface area contributed by atoms with Gasteiger partial charge in [0.2, 0.25) is 0 Å². The van der Waals surface area contributed by atoms with Crippen molar-refractivity contribution < 1.29 is 9.53 Å². The fourth-order valence-electron chi connectivity index (χ4n) is 2.99. The molecule has 0 bridgehead atoms. The van der Waals surface area contributed by atoms with E-state index >= 15 is 0 Å². The van der Waals surface area contributed by atoms with Gasteiger partial charge in [-0.3, -0.25) is 9.69 Å². The van der Waals surface area contributed by atoms with Crippen molar-refractivity contribution in [3.63, 3.8) is 0 Å². The van der Waals surface area contributed by atoms with E-state index < -0.39 is 0 Å². The molecule has 1 aliphatic heterocycles. The maximum absolute atomic E-state index is 12.6. The Morgan fingerprint density at radius 3 is 2.76 bits per heavy atom. The molecule has 1 atom stereocenters. The quantitative estimate of drug-likeness (QED) is 0.841. The molecule has 1 fully saturated rings. The van der Waals surface area contributed by atoms with Crippen molar-refractivity contribution in [2.24, 2.45) is 0 Å². The summed E-state index contributed by atoms with van der Waals surface area (Å²) in [6.45, 7) is 8.00. The second-order valence-corrected chi connectivity index (χ2v) is 5.37. The minimum Gasteiger partial charge on any atom is -0.495 e. The van der Waals surface area contributed by atoms with Crippen LogP contribution < -0.4 is 10.5 Å². The Balaban J connectivity index is 2.08. The molecule has 0 aromatic heterocycles. The number of carbonyl (C=O) groups is 1. The zero-order valence-electron chi connectivity index (χ0n) is 13.1. The van der Waals surface area contributed by atoms with Crippen LogP contribution in [-0.2, 0) is 0 Å². The topological polar surface area (TPSA) is 58.8 Å². The van der Waals surface area contributed by atoms with E-state index in [1.165, 1.54) is 0 Å². The third-order valence-electron chi connectivity index (χ3n) is 4.26. The summed E-state index contributed by atoms with van der Waals surface area (Å²) in [5.74, 6) is 0.614. The first-order chi connectivity index (χ1) is 10.1. The average molecular weight is 291 g/mol. The van der Waals surface area contributed by atoms with Crippen LogP contribution in [0.15, 0.2) is 18.2 Å². The summed E-state index contributed by atoms with van der Waals surface area (Å²) in [4.78, 5) is 16.9. The summed E-state index contributed by atoms with van der Waals surface area (Å²) in [6.07, 6.45) is 1.04. The Hall–Kier alpha value is -1.75. The summed E-state index contributed by atoms with van der Waals surface area (Å²) in [6, 6.07) is 5.69. The van der Waals surface area contributed by atoms with E-state index in [2.05, 4.69) is 18.7 Å². The van der Waals surface area contributed by atoms with Crippen molar-refractivity contribution in [1.29, 1.82) is 0 Å².